The highest BCUT2D eigenvalue weighted by Crippen LogP contribution is 2.21. The molecule has 118 valence electrons. The van der Waals surface area contributed by atoms with Crippen LogP contribution in [0.4, 0.5) is 0 Å². The molecule has 0 aliphatic rings. The van der Waals surface area contributed by atoms with E-state index in [1.165, 1.54) is 7.11 Å². The molecule has 3 rings (SSSR count). The Morgan fingerprint density at radius 1 is 1.04 bits per heavy atom. The molecular weight excluding hydrogens is 290 g/mol. The van der Waals surface area contributed by atoms with E-state index in [1.54, 1.807) is 6.07 Å². The lowest BCUT2D eigenvalue weighted by Gasteiger charge is -2.09. The lowest BCUT2D eigenvalue weighted by Crippen LogP contribution is -2.09. The number of rotatable bonds is 6. The average molecular weight is 309 g/mol. The molecule has 1 heterocycles. The van der Waals surface area contributed by atoms with Crippen molar-refractivity contribution in [2.24, 2.45) is 0 Å². The summed E-state index contributed by atoms with van der Waals surface area (Å²) >= 11 is 0. The second-order valence-electron chi connectivity index (χ2n) is 5.28. The molecule has 0 saturated carbocycles. The Kier molecular flexibility index (Phi) is 4.74. The van der Waals surface area contributed by atoms with Crippen LogP contribution in [0.15, 0.2) is 60.8 Å². The van der Waals surface area contributed by atoms with Crippen molar-refractivity contribution >= 4 is 16.9 Å². The number of hydrogen-bond acceptors (Lipinski definition) is 3. The van der Waals surface area contributed by atoms with Gasteiger partial charge in [0.25, 0.3) is 0 Å². The van der Waals surface area contributed by atoms with Crippen molar-refractivity contribution < 1.29 is 14.3 Å². The zero-order valence-electron chi connectivity index (χ0n) is 13.1. The van der Waals surface area contributed by atoms with Crippen molar-refractivity contribution in [1.82, 2.24) is 4.57 Å². The fourth-order valence-electron chi connectivity index (χ4n) is 2.65. The predicted octanol–water partition coefficient (Wildman–Crippen LogP) is 3.64. The first-order valence-electron chi connectivity index (χ1n) is 7.57. The first-order valence-corrected chi connectivity index (χ1v) is 7.57. The molecule has 0 saturated heterocycles. The van der Waals surface area contributed by atoms with Crippen LogP contribution in [-0.4, -0.2) is 24.3 Å². The highest BCUT2D eigenvalue weighted by molar-refractivity contribution is 6.03. The van der Waals surface area contributed by atoms with Crippen LogP contribution in [0.2, 0.25) is 0 Å². The lowest BCUT2D eigenvalue weighted by molar-refractivity contribution is 0.0602. The van der Waals surface area contributed by atoms with Crippen molar-refractivity contribution in [1.29, 1.82) is 0 Å². The van der Waals surface area contributed by atoms with E-state index in [1.807, 2.05) is 59.3 Å². The third-order valence-corrected chi connectivity index (χ3v) is 3.78. The maximum Gasteiger partial charge on any atom is 0.340 e. The molecule has 0 N–H and O–H groups in total. The number of methoxy groups -OCH3 is 1. The van der Waals surface area contributed by atoms with Gasteiger partial charge in [0.15, 0.2) is 0 Å². The van der Waals surface area contributed by atoms with Gasteiger partial charge in [-0.25, -0.2) is 4.79 Å². The van der Waals surface area contributed by atoms with Gasteiger partial charge in [0, 0.05) is 18.1 Å². The normalized spacial score (nSPS) is 10.8. The van der Waals surface area contributed by atoms with Gasteiger partial charge in [-0.1, -0.05) is 42.5 Å². The number of aromatic nitrogens is 1. The molecule has 0 aliphatic heterocycles. The molecule has 2 aromatic carbocycles. The van der Waals surface area contributed by atoms with E-state index in [4.69, 9.17) is 9.47 Å². The van der Waals surface area contributed by atoms with Gasteiger partial charge in [0.1, 0.15) is 0 Å². The summed E-state index contributed by atoms with van der Waals surface area (Å²) in [5.74, 6) is -0.319. The highest BCUT2D eigenvalue weighted by Gasteiger charge is 2.13. The van der Waals surface area contributed by atoms with E-state index in [9.17, 15) is 4.79 Å². The molecule has 0 atom stereocenters. The Bertz CT molecular complexity index is 793. The van der Waals surface area contributed by atoms with Gasteiger partial charge in [-0.15, -0.1) is 0 Å². The van der Waals surface area contributed by atoms with Gasteiger partial charge < -0.3 is 14.0 Å². The van der Waals surface area contributed by atoms with E-state index in [-0.39, 0.29) is 5.97 Å². The molecule has 3 aromatic rings. The van der Waals surface area contributed by atoms with Crippen LogP contribution in [0.1, 0.15) is 15.9 Å². The maximum atomic E-state index is 11.9. The van der Waals surface area contributed by atoms with Crippen LogP contribution in [0, 0.1) is 0 Å². The van der Waals surface area contributed by atoms with Crippen molar-refractivity contribution in [2.45, 2.75) is 13.2 Å². The van der Waals surface area contributed by atoms with Gasteiger partial charge in [0.2, 0.25) is 0 Å². The molecule has 0 radical (unpaired) electrons. The fourth-order valence-corrected chi connectivity index (χ4v) is 2.65. The smallest absolute Gasteiger partial charge is 0.340 e. The summed E-state index contributed by atoms with van der Waals surface area (Å²) < 4.78 is 12.6. The van der Waals surface area contributed by atoms with Crippen LogP contribution in [0.25, 0.3) is 10.9 Å². The van der Waals surface area contributed by atoms with E-state index in [0.717, 1.165) is 16.5 Å². The molecule has 4 heteroatoms. The number of fused-ring (bicyclic) bond motifs is 1. The van der Waals surface area contributed by atoms with Crippen LogP contribution < -0.4 is 0 Å². The number of esters is 1. The van der Waals surface area contributed by atoms with Gasteiger partial charge in [0.05, 0.1) is 31.4 Å². The van der Waals surface area contributed by atoms with Gasteiger partial charge in [-0.05, 0) is 17.7 Å². The number of nitrogens with zero attached hydrogens (tertiary/aromatic N) is 1. The second kappa shape index (κ2) is 7.11. The average Bonchev–Trinajstić information content (AvgIpc) is 3.02. The largest absolute Gasteiger partial charge is 0.465 e. The van der Waals surface area contributed by atoms with E-state index in [2.05, 4.69) is 0 Å². The minimum Gasteiger partial charge on any atom is -0.465 e. The van der Waals surface area contributed by atoms with E-state index < -0.39 is 0 Å². The maximum absolute atomic E-state index is 11.9. The molecule has 0 unspecified atom stereocenters. The van der Waals surface area contributed by atoms with Crippen LogP contribution in [0.3, 0.4) is 0 Å². The molecule has 0 fully saturated rings. The number of carbonyl (C=O) groups excluding carboxylic acids is 1. The lowest BCUT2D eigenvalue weighted by atomic mass is 10.1. The standard InChI is InChI=1S/C19H19NO3/c1-22-19(21)17-9-5-8-16-10-11-20(18(16)17)12-13-23-14-15-6-3-2-4-7-15/h2-11H,12-14H2,1H3. The summed E-state index contributed by atoms with van der Waals surface area (Å²) in [5.41, 5.74) is 2.63. The first kappa shape index (κ1) is 15.3. The van der Waals surface area contributed by atoms with E-state index >= 15 is 0 Å². The van der Waals surface area contributed by atoms with Crippen molar-refractivity contribution in [3.05, 3.63) is 71.9 Å². The zero-order chi connectivity index (χ0) is 16.1. The zero-order valence-corrected chi connectivity index (χ0v) is 13.1. The molecule has 4 nitrogen and oxygen atoms in total. The Labute approximate surface area is 135 Å². The number of ether oxygens (including phenoxy) is 2. The number of para-hydroxylation sites is 1. The van der Waals surface area contributed by atoms with Crippen molar-refractivity contribution in [3.8, 4) is 0 Å². The summed E-state index contributed by atoms with van der Waals surface area (Å²) in [6, 6.07) is 17.7. The van der Waals surface area contributed by atoms with Gasteiger partial charge >= 0.3 is 5.97 Å². The Morgan fingerprint density at radius 2 is 1.87 bits per heavy atom. The SMILES string of the molecule is COC(=O)c1cccc2ccn(CCOCc3ccccc3)c12. The Balaban J connectivity index is 1.69. The Morgan fingerprint density at radius 3 is 2.65 bits per heavy atom. The number of carbonyl (C=O) groups is 1. The topological polar surface area (TPSA) is 40.5 Å². The van der Waals surface area contributed by atoms with E-state index in [0.29, 0.717) is 25.3 Å². The molecule has 0 aliphatic carbocycles. The van der Waals surface area contributed by atoms with Crippen molar-refractivity contribution in [3.63, 3.8) is 0 Å². The second-order valence-corrected chi connectivity index (χ2v) is 5.28. The third-order valence-electron chi connectivity index (χ3n) is 3.78. The minimum atomic E-state index is -0.319. The summed E-state index contributed by atoms with van der Waals surface area (Å²) in [4.78, 5) is 11.9. The summed E-state index contributed by atoms with van der Waals surface area (Å²) in [7, 11) is 1.40. The molecule has 1 aromatic heterocycles. The summed E-state index contributed by atoms with van der Waals surface area (Å²) in [6.07, 6.45) is 1.98. The van der Waals surface area contributed by atoms with Gasteiger partial charge in [-0.2, -0.15) is 0 Å². The summed E-state index contributed by atoms with van der Waals surface area (Å²) in [6.45, 7) is 1.85. The minimum absolute atomic E-state index is 0.319. The number of benzene rings is 2. The number of hydrogen-bond donors (Lipinski definition) is 0. The molecule has 23 heavy (non-hydrogen) atoms. The van der Waals surface area contributed by atoms with Crippen LogP contribution in [-0.2, 0) is 22.6 Å². The molecular formula is C19H19NO3. The molecule has 0 bridgehead atoms. The fraction of sp³-hybridized carbons (Fsp3) is 0.211. The quantitative estimate of drug-likeness (QED) is 0.515. The van der Waals surface area contributed by atoms with Crippen LogP contribution in [0.5, 0.6) is 0 Å². The first-order chi connectivity index (χ1) is 11.3. The van der Waals surface area contributed by atoms with Gasteiger partial charge in [-0.3, -0.25) is 0 Å². The van der Waals surface area contributed by atoms with Crippen molar-refractivity contribution in [2.75, 3.05) is 13.7 Å². The Hall–Kier alpha value is -2.59. The van der Waals surface area contributed by atoms with Crippen LogP contribution >= 0.6 is 0 Å². The highest BCUT2D eigenvalue weighted by atomic mass is 16.5. The molecule has 0 amide bonds. The molecule has 0 spiro atoms. The third kappa shape index (κ3) is 3.43. The predicted molar refractivity (Wildman–Crippen MR) is 89.4 cm³/mol. The monoisotopic (exact) mass is 309 g/mol. The summed E-state index contributed by atoms with van der Waals surface area (Å²) in [5, 5.41) is 1.02.